The summed E-state index contributed by atoms with van der Waals surface area (Å²) < 4.78 is 2.01. The van der Waals surface area contributed by atoms with E-state index in [9.17, 15) is 9.59 Å². The monoisotopic (exact) mass is 334 g/mol. The third-order valence-corrected chi connectivity index (χ3v) is 4.66. The van der Waals surface area contributed by atoms with Crippen LogP contribution >= 0.6 is 11.6 Å². The summed E-state index contributed by atoms with van der Waals surface area (Å²) in [5.74, 6) is -1.23. The molecule has 1 saturated heterocycles. The van der Waals surface area contributed by atoms with Gasteiger partial charge < -0.3 is 14.6 Å². The fourth-order valence-electron chi connectivity index (χ4n) is 3.13. The van der Waals surface area contributed by atoms with Crippen molar-refractivity contribution in [2.45, 2.75) is 25.8 Å². The van der Waals surface area contributed by atoms with Crippen molar-refractivity contribution in [3.63, 3.8) is 0 Å². The molecule has 1 aromatic heterocycles. The van der Waals surface area contributed by atoms with Crippen LogP contribution in [0.2, 0.25) is 5.02 Å². The number of hydrogen-bond acceptors (Lipinski definition) is 2. The van der Waals surface area contributed by atoms with Crippen molar-refractivity contribution in [1.82, 2.24) is 9.47 Å². The molecule has 0 radical (unpaired) electrons. The summed E-state index contributed by atoms with van der Waals surface area (Å²) in [6.07, 6.45) is 3.72. The van der Waals surface area contributed by atoms with Crippen LogP contribution in [0.1, 0.15) is 19.3 Å². The first-order chi connectivity index (χ1) is 11.0. The van der Waals surface area contributed by atoms with Crippen molar-refractivity contribution in [3.8, 4) is 0 Å². The van der Waals surface area contributed by atoms with Gasteiger partial charge in [0.25, 0.3) is 0 Å². The molecule has 1 aliphatic rings. The molecule has 1 N–H and O–H groups in total. The Morgan fingerprint density at radius 1 is 1.30 bits per heavy atom. The largest absolute Gasteiger partial charge is 0.481 e. The third kappa shape index (κ3) is 3.50. The summed E-state index contributed by atoms with van der Waals surface area (Å²) in [6, 6.07) is 7.69. The topological polar surface area (TPSA) is 62.5 Å². The summed E-state index contributed by atoms with van der Waals surface area (Å²) in [4.78, 5) is 25.1. The van der Waals surface area contributed by atoms with E-state index in [0.717, 1.165) is 17.3 Å². The van der Waals surface area contributed by atoms with E-state index in [1.165, 1.54) is 0 Å². The second kappa shape index (κ2) is 6.62. The Morgan fingerprint density at radius 2 is 2.13 bits per heavy atom. The predicted octanol–water partition coefficient (Wildman–Crippen LogP) is 3.01. The van der Waals surface area contributed by atoms with Crippen molar-refractivity contribution in [2.75, 3.05) is 13.1 Å². The lowest BCUT2D eigenvalue weighted by atomic mass is 9.98. The molecule has 1 fully saturated rings. The third-order valence-electron chi connectivity index (χ3n) is 4.43. The van der Waals surface area contributed by atoms with Gasteiger partial charge in [0.05, 0.1) is 5.92 Å². The van der Waals surface area contributed by atoms with Gasteiger partial charge in [0.1, 0.15) is 0 Å². The number of hydrogen-bond donors (Lipinski definition) is 1. The van der Waals surface area contributed by atoms with Crippen LogP contribution in [0.5, 0.6) is 0 Å². The van der Waals surface area contributed by atoms with Crippen molar-refractivity contribution in [3.05, 3.63) is 35.5 Å². The van der Waals surface area contributed by atoms with Gasteiger partial charge in [-0.1, -0.05) is 17.7 Å². The van der Waals surface area contributed by atoms with Gasteiger partial charge in [0.2, 0.25) is 5.91 Å². The Bertz CT molecular complexity index is 741. The van der Waals surface area contributed by atoms with Gasteiger partial charge in [-0.2, -0.15) is 0 Å². The molecular weight excluding hydrogens is 316 g/mol. The smallest absolute Gasteiger partial charge is 0.308 e. The second-order valence-corrected chi connectivity index (χ2v) is 6.42. The highest BCUT2D eigenvalue weighted by molar-refractivity contribution is 6.31. The first-order valence-corrected chi connectivity index (χ1v) is 8.17. The second-order valence-electron chi connectivity index (χ2n) is 5.98. The lowest BCUT2D eigenvalue weighted by molar-refractivity contribution is -0.145. The summed E-state index contributed by atoms with van der Waals surface area (Å²) in [5, 5.41) is 10.9. The molecule has 0 aliphatic carbocycles. The number of carbonyl (C=O) groups is 2. The molecule has 0 unspecified atom stereocenters. The first kappa shape index (κ1) is 15.9. The molecular formula is C17H19ClN2O3. The summed E-state index contributed by atoms with van der Waals surface area (Å²) in [5.41, 5.74) is 1.01. The SMILES string of the molecule is O=C(O)[C@@H]1CCCN(C(=O)CCn2ccc3ccc(Cl)cc32)C1. The number of carbonyl (C=O) groups excluding carboxylic acids is 1. The Kier molecular flexibility index (Phi) is 4.57. The zero-order chi connectivity index (χ0) is 16.4. The highest BCUT2D eigenvalue weighted by Crippen LogP contribution is 2.21. The van der Waals surface area contributed by atoms with Crippen LogP contribution in [0.25, 0.3) is 10.9 Å². The van der Waals surface area contributed by atoms with Crippen LogP contribution < -0.4 is 0 Å². The molecule has 0 saturated carbocycles. The van der Waals surface area contributed by atoms with Gasteiger partial charge in [0, 0.05) is 42.8 Å². The van der Waals surface area contributed by atoms with Gasteiger partial charge >= 0.3 is 5.97 Å². The number of amides is 1. The van der Waals surface area contributed by atoms with Gasteiger partial charge in [-0.25, -0.2) is 0 Å². The number of fused-ring (bicyclic) bond motifs is 1. The highest BCUT2D eigenvalue weighted by atomic mass is 35.5. The van der Waals surface area contributed by atoms with Crippen molar-refractivity contribution in [1.29, 1.82) is 0 Å². The number of aliphatic carboxylic acids is 1. The Labute approximate surface area is 139 Å². The fraction of sp³-hybridized carbons (Fsp3) is 0.412. The normalized spacial score (nSPS) is 18.3. The van der Waals surface area contributed by atoms with E-state index in [0.29, 0.717) is 37.5 Å². The van der Waals surface area contributed by atoms with Crippen molar-refractivity contribution in [2.24, 2.45) is 5.92 Å². The molecule has 1 atom stereocenters. The van der Waals surface area contributed by atoms with Crippen LogP contribution in [0.15, 0.2) is 30.5 Å². The maximum atomic E-state index is 12.4. The molecule has 5 nitrogen and oxygen atoms in total. The predicted molar refractivity (Wildman–Crippen MR) is 88.5 cm³/mol. The average Bonchev–Trinajstić information content (AvgIpc) is 2.95. The minimum atomic E-state index is -0.812. The molecule has 6 heteroatoms. The van der Waals surface area contributed by atoms with Gasteiger partial charge in [-0.15, -0.1) is 0 Å². The Morgan fingerprint density at radius 3 is 2.91 bits per heavy atom. The molecule has 1 aliphatic heterocycles. The van der Waals surface area contributed by atoms with Crippen LogP contribution in [0.3, 0.4) is 0 Å². The van der Waals surface area contributed by atoms with E-state index >= 15 is 0 Å². The Hall–Kier alpha value is -2.01. The minimum absolute atomic E-state index is 0.0137. The lowest BCUT2D eigenvalue weighted by Gasteiger charge is -2.30. The van der Waals surface area contributed by atoms with E-state index in [4.69, 9.17) is 16.7 Å². The van der Waals surface area contributed by atoms with Crippen molar-refractivity contribution < 1.29 is 14.7 Å². The number of aryl methyl sites for hydroxylation is 1. The summed E-state index contributed by atoms with van der Waals surface area (Å²) in [6.45, 7) is 1.55. The standard InChI is InChI=1S/C17H19ClN2O3/c18-14-4-3-12-5-8-19(15(12)10-14)9-6-16(21)20-7-1-2-13(11-20)17(22)23/h3-5,8,10,13H,1-2,6-7,9,11H2,(H,22,23)/t13-/m1/s1. The molecule has 0 spiro atoms. The molecule has 2 heterocycles. The number of aromatic nitrogens is 1. The number of benzene rings is 1. The van der Waals surface area contributed by atoms with Gasteiger partial charge in [-0.05, 0) is 36.4 Å². The number of nitrogens with zero attached hydrogens (tertiary/aromatic N) is 2. The van der Waals surface area contributed by atoms with E-state index in [2.05, 4.69) is 0 Å². The highest BCUT2D eigenvalue weighted by Gasteiger charge is 2.27. The summed E-state index contributed by atoms with van der Waals surface area (Å²) >= 11 is 6.03. The number of piperidine rings is 1. The number of carboxylic acid groups (broad SMARTS) is 1. The average molecular weight is 335 g/mol. The minimum Gasteiger partial charge on any atom is -0.481 e. The molecule has 23 heavy (non-hydrogen) atoms. The van der Waals surface area contributed by atoms with E-state index in [1.54, 1.807) is 4.90 Å². The van der Waals surface area contributed by atoms with Crippen LogP contribution in [-0.4, -0.2) is 39.5 Å². The molecule has 0 bridgehead atoms. The first-order valence-electron chi connectivity index (χ1n) is 7.79. The number of rotatable bonds is 4. The zero-order valence-corrected chi connectivity index (χ0v) is 13.5. The lowest BCUT2D eigenvalue weighted by Crippen LogP contribution is -2.42. The number of likely N-dealkylation sites (tertiary alicyclic amines) is 1. The van der Waals surface area contributed by atoms with Crippen LogP contribution in [0.4, 0.5) is 0 Å². The molecule has 1 aromatic carbocycles. The maximum absolute atomic E-state index is 12.4. The number of halogens is 1. The van der Waals surface area contributed by atoms with Crippen molar-refractivity contribution >= 4 is 34.4 Å². The van der Waals surface area contributed by atoms with E-state index in [-0.39, 0.29) is 5.91 Å². The Balaban J connectivity index is 1.64. The quantitative estimate of drug-likeness (QED) is 0.934. The molecule has 122 valence electrons. The van der Waals surface area contributed by atoms with Crippen LogP contribution in [-0.2, 0) is 16.1 Å². The fourth-order valence-corrected chi connectivity index (χ4v) is 3.30. The van der Waals surface area contributed by atoms with Gasteiger partial charge in [-0.3, -0.25) is 9.59 Å². The van der Waals surface area contributed by atoms with E-state index < -0.39 is 11.9 Å². The maximum Gasteiger partial charge on any atom is 0.308 e. The van der Waals surface area contributed by atoms with Gasteiger partial charge in [0.15, 0.2) is 0 Å². The van der Waals surface area contributed by atoms with Crippen LogP contribution in [0, 0.1) is 5.92 Å². The zero-order valence-electron chi connectivity index (χ0n) is 12.7. The molecule has 1 amide bonds. The van der Waals surface area contributed by atoms with E-state index in [1.807, 2.05) is 35.0 Å². The molecule has 2 aromatic rings. The summed E-state index contributed by atoms with van der Waals surface area (Å²) in [7, 11) is 0. The number of carboxylic acids is 1. The molecule has 3 rings (SSSR count).